The molecule has 0 atom stereocenters. The zero-order valence-corrected chi connectivity index (χ0v) is 13.5. The second-order valence-electron chi connectivity index (χ2n) is 6.47. The van der Waals surface area contributed by atoms with Crippen molar-refractivity contribution >= 4 is 10.9 Å². The number of nitrogens with one attached hydrogen (secondary N) is 2. The van der Waals surface area contributed by atoms with Crippen molar-refractivity contribution in [2.24, 2.45) is 0 Å². The maximum absolute atomic E-state index is 12.5. The van der Waals surface area contributed by atoms with Gasteiger partial charge in [0, 0.05) is 28.9 Å². The number of hydrogen-bond acceptors (Lipinski definition) is 3. The molecule has 0 aliphatic heterocycles. The lowest BCUT2D eigenvalue weighted by Crippen LogP contribution is -2.12. The smallest absolute Gasteiger partial charge is 0.273 e. The Hall–Kier alpha value is -3.21. The van der Waals surface area contributed by atoms with Gasteiger partial charge in [-0.15, -0.1) is 0 Å². The molecule has 1 aliphatic carbocycles. The highest BCUT2D eigenvalue weighted by Gasteiger charge is 2.30. The van der Waals surface area contributed by atoms with Crippen LogP contribution in [0, 0.1) is 0 Å². The molecule has 1 aliphatic rings. The molecule has 122 valence electrons. The summed E-state index contributed by atoms with van der Waals surface area (Å²) in [6.45, 7) is 0. The number of pyridine rings is 1. The second kappa shape index (κ2) is 5.41. The number of H-pyrrole nitrogens is 2. The first-order valence-electron chi connectivity index (χ1n) is 8.42. The van der Waals surface area contributed by atoms with E-state index >= 15 is 0 Å². The van der Waals surface area contributed by atoms with Crippen molar-refractivity contribution in [2.45, 2.75) is 18.8 Å². The van der Waals surface area contributed by atoms with Gasteiger partial charge in [0.2, 0.25) is 0 Å². The normalized spacial score (nSPS) is 14.1. The molecule has 25 heavy (non-hydrogen) atoms. The Morgan fingerprint density at radius 1 is 1.04 bits per heavy atom. The van der Waals surface area contributed by atoms with E-state index in [1.54, 1.807) is 12.4 Å². The molecule has 0 bridgehead atoms. The number of aromatic nitrogens is 4. The van der Waals surface area contributed by atoms with Crippen LogP contribution >= 0.6 is 0 Å². The number of para-hydroxylation sites is 1. The molecule has 0 amide bonds. The molecular formula is C20H16N4O. The third kappa shape index (κ3) is 2.36. The van der Waals surface area contributed by atoms with E-state index in [2.05, 4.69) is 32.3 Å². The Morgan fingerprint density at radius 2 is 1.84 bits per heavy atom. The fourth-order valence-electron chi connectivity index (χ4n) is 3.43. The van der Waals surface area contributed by atoms with E-state index in [0.29, 0.717) is 11.5 Å². The van der Waals surface area contributed by atoms with Crippen LogP contribution in [0.3, 0.4) is 0 Å². The first kappa shape index (κ1) is 14.2. The average Bonchev–Trinajstić information content (AvgIpc) is 3.42. The highest BCUT2D eigenvalue weighted by Crippen LogP contribution is 2.47. The van der Waals surface area contributed by atoms with Gasteiger partial charge in [-0.2, -0.15) is 5.10 Å². The second-order valence-corrected chi connectivity index (χ2v) is 6.47. The molecule has 1 fully saturated rings. The van der Waals surface area contributed by atoms with E-state index < -0.39 is 0 Å². The molecule has 0 radical (unpaired) electrons. The van der Waals surface area contributed by atoms with Gasteiger partial charge in [0.1, 0.15) is 0 Å². The zero-order chi connectivity index (χ0) is 16.8. The molecule has 1 aromatic carbocycles. The van der Waals surface area contributed by atoms with Crippen molar-refractivity contribution in [3.05, 3.63) is 70.8 Å². The summed E-state index contributed by atoms with van der Waals surface area (Å²) in [4.78, 5) is 20.0. The van der Waals surface area contributed by atoms with E-state index in [-0.39, 0.29) is 5.56 Å². The van der Waals surface area contributed by atoms with E-state index in [1.165, 1.54) is 23.8 Å². The van der Waals surface area contributed by atoms with Gasteiger partial charge in [-0.05, 0) is 48.6 Å². The molecule has 0 unspecified atom stereocenters. The predicted molar refractivity (Wildman–Crippen MR) is 97.4 cm³/mol. The van der Waals surface area contributed by atoms with Crippen LogP contribution < -0.4 is 5.56 Å². The fraction of sp³-hybridized carbons (Fsp3) is 0.150. The number of hydrogen-bond donors (Lipinski definition) is 2. The number of rotatable bonds is 3. The van der Waals surface area contributed by atoms with Crippen LogP contribution in [0.4, 0.5) is 0 Å². The van der Waals surface area contributed by atoms with Crippen molar-refractivity contribution in [1.29, 1.82) is 0 Å². The quantitative estimate of drug-likeness (QED) is 0.600. The molecule has 4 aromatic rings. The summed E-state index contributed by atoms with van der Waals surface area (Å²) in [5.74, 6) is 0.531. The van der Waals surface area contributed by atoms with Crippen molar-refractivity contribution in [3.63, 3.8) is 0 Å². The van der Waals surface area contributed by atoms with E-state index in [1.807, 2.05) is 30.3 Å². The minimum atomic E-state index is -0.175. The summed E-state index contributed by atoms with van der Waals surface area (Å²) in [5.41, 5.74) is 5.37. The summed E-state index contributed by atoms with van der Waals surface area (Å²) >= 11 is 0. The molecule has 0 spiro atoms. The summed E-state index contributed by atoms with van der Waals surface area (Å²) in [5, 5.41) is 8.06. The van der Waals surface area contributed by atoms with Crippen LogP contribution in [0.25, 0.3) is 33.4 Å². The standard InChI is InChI=1S/C20H16N4O/c25-20-15(11-17(23-24-20)12-7-9-21-10-8-12)19-18(13-5-6-13)14-3-1-2-4-16(14)22-19/h1-4,7-11,13,22H,5-6H2,(H,24,25). The SMILES string of the molecule is O=c1[nH]nc(-c2ccncc2)cc1-c1[nH]c2ccccc2c1C1CC1. The molecule has 5 heteroatoms. The van der Waals surface area contributed by atoms with Crippen LogP contribution in [0.2, 0.25) is 0 Å². The van der Waals surface area contributed by atoms with Crippen LogP contribution in [0.1, 0.15) is 24.3 Å². The molecular weight excluding hydrogens is 312 g/mol. The van der Waals surface area contributed by atoms with Crippen molar-refractivity contribution in [3.8, 4) is 22.5 Å². The summed E-state index contributed by atoms with van der Waals surface area (Å²) in [6, 6.07) is 13.9. The summed E-state index contributed by atoms with van der Waals surface area (Å²) in [6.07, 6.45) is 5.80. The lowest BCUT2D eigenvalue weighted by atomic mass is 10.0. The number of aromatic amines is 2. The van der Waals surface area contributed by atoms with E-state index in [9.17, 15) is 4.79 Å². The van der Waals surface area contributed by atoms with Crippen molar-refractivity contribution in [1.82, 2.24) is 20.2 Å². The first-order valence-corrected chi connectivity index (χ1v) is 8.42. The predicted octanol–water partition coefficient (Wildman–Crippen LogP) is 3.86. The van der Waals surface area contributed by atoms with Gasteiger partial charge in [-0.1, -0.05) is 18.2 Å². The molecule has 1 saturated carbocycles. The molecule has 5 nitrogen and oxygen atoms in total. The monoisotopic (exact) mass is 328 g/mol. The minimum absolute atomic E-state index is 0.175. The van der Waals surface area contributed by atoms with Crippen LogP contribution in [-0.2, 0) is 0 Å². The topological polar surface area (TPSA) is 74.4 Å². The van der Waals surface area contributed by atoms with Crippen molar-refractivity contribution in [2.75, 3.05) is 0 Å². The Labute approximate surface area is 143 Å². The van der Waals surface area contributed by atoms with Crippen LogP contribution in [-0.4, -0.2) is 20.2 Å². The van der Waals surface area contributed by atoms with Gasteiger partial charge in [0.25, 0.3) is 5.56 Å². The highest BCUT2D eigenvalue weighted by molar-refractivity contribution is 5.92. The minimum Gasteiger partial charge on any atom is -0.354 e. The lowest BCUT2D eigenvalue weighted by molar-refractivity contribution is 0.993. The number of benzene rings is 1. The summed E-state index contributed by atoms with van der Waals surface area (Å²) in [7, 11) is 0. The molecule has 2 N–H and O–H groups in total. The Balaban J connectivity index is 1.75. The van der Waals surface area contributed by atoms with Gasteiger partial charge >= 0.3 is 0 Å². The molecule has 3 aromatic heterocycles. The van der Waals surface area contributed by atoms with Crippen LogP contribution in [0.5, 0.6) is 0 Å². The van der Waals surface area contributed by atoms with Gasteiger partial charge in [0.05, 0.1) is 17.0 Å². The molecule has 5 rings (SSSR count). The molecule has 3 heterocycles. The maximum atomic E-state index is 12.5. The largest absolute Gasteiger partial charge is 0.354 e. The fourth-order valence-corrected chi connectivity index (χ4v) is 3.43. The third-order valence-corrected chi connectivity index (χ3v) is 4.78. The average molecular weight is 328 g/mol. The number of nitrogens with zero attached hydrogens (tertiary/aromatic N) is 2. The Morgan fingerprint density at radius 3 is 2.64 bits per heavy atom. The van der Waals surface area contributed by atoms with E-state index in [0.717, 1.165) is 22.5 Å². The Kier molecular flexibility index (Phi) is 3.06. The lowest BCUT2D eigenvalue weighted by Gasteiger charge is -2.05. The van der Waals surface area contributed by atoms with Gasteiger partial charge in [-0.3, -0.25) is 9.78 Å². The Bertz CT molecular complexity index is 1120. The summed E-state index contributed by atoms with van der Waals surface area (Å²) < 4.78 is 0. The maximum Gasteiger partial charge on any atom is 0.273 e. The highest BCUT2D eigenvalue weighted by atomic mass is 16.1. The first-order chi connectivity index (χ1) is 12.3. The van der Waals surface area contributed by atoms with E-state index in [4.69, 9.17) is 0 Å². The van der Waals surface area contributed by atoms with Gasteiger partial charge in [-0.25, -0.2) is 5.10 Å². The van der Waals surface area contributed by atoms with Gasteiger partial charge in [0.15, 0.2) is 0 Å². The van der Waals surface area contributed by atoms with Crippen LogP contribution in [0.15, 0.2) is 59.7 Å². The molecule has 0 saturated heterocycles. The van der Waals surface area contributed by atoms with Crippen molar-refractivity contribution < 1.29 is 0 Å². The van der Waals surface area contributed by atoms with Gasteiger partial charge < -0.3 is 4.98 Å². The third-order valence-electron chi connectivity index (χ3n) is 4.78. The zero-order valence-electron chi connectivity index (χ0n) is 13.5. The number of fused-ring (bicyclic) bond motifs is 1.